The SMILES string of the molecule is O=C(/C=C/c1ccccc1)Nc1c(O)cccc1C(=O)O. The Morgan fingerprint density at radius 3 is 2.38 bits per heavy atom. The predicted octanol–water partition coefficient (Wildman–Crippen LogP) is 2.74. The number of para-hydroxylation sites is 1. The summed E-state index contributed by atoms with van der Waals surface area (Å²) in [4.78, 5) is 22.9. The fourth-order valence-electron chi connectivity index (χ4n) is 1.75. The highest BCUT2D eigenvalue weighted by molar-refractivity contribution is 6.07. The number of aromatic carboxylic acids is 1. The summed E-state index contributed by atoms with van der Waals surface area (Å²) in [5.41, 5.74) is 0.549. The van der Waals surface area contributed by atoms with E-state index in [0.29, 0.717) is 0 Å². The average molecular weight is 283 g/mol. The molecule has 2 rings (SSSR count). The molecule has 2 aromatic carbocycles. The summed E-state index contributed by atoms with van der Waals surface area (Å²) in [5.74, 6) is -2.05. The van der Waals surface area contributed by atoms with Gasteiger partial charge in [-0.1, -0.05) is 36.4 Å². The summed E-state index contributed by atoms with van der Waals surface area (Å²) in [6, 6.07) is 13.2. The van der Waals surface area contributed by atoms with Crippen molar-refractivity contribution in [2.75, 3.05) is 5.32 Å². The lowest BCUT2D eigenvalue weighted by molar-refractivity contribution is -0.111. The zero-order valence-electron chi connectivity index (χ0n) is 11.0. The molecule has 106 valence electrons. The number of aromatic hydroxyl groups is 1. The molecule has 5 nitrogen and oxygen atoms in total. The molecule has 0 bridgehead atoms. The van der Waals surface area contributed by atoms with Crippen molar-refractivity contribution in [2.24, 2.45) is 0 Å². The van der Waals surface area contributed by atoms with Crippen LogP contribution in [0.4, 0.5) is 5.69 Å². The van der Waals surface area contributed by atoms with Gasteiger partial charge in [0.15, 0.2) is 0 Å². The molecule has 0 aliphatic heterocycles. The van der Waals surface area contributed by atoms with E-state index in [9.17, 15) is 14.7 Å². The number of phenols is 1. The molecule has 0 fully saturated rings. The van der Waals surface area contributed by atoms with Gasteiger partial charge in [-0.05, 0) is 23.8 Å². The molecule has 0 unspecified atom stereocenters. The van der Waals surface area contributed by atoms with Crippen LogP contribution in [-0.4, -0.2) is 22.1 Å². The fraction of sp³-hybridized carbons (Fsp3) is 0. The maximum atomic E-state index is 11.8. The Labute approximate surface area is 121 Å². The summed E-state index contributed by atoms with van der Waals surface area (Å²) in [6.45, 7) is 0. The van der Waals surface area contributed by atoms with Gasteiger partial charge in [0.25, 0.3) is 0 Å². The molecule has 21 heavy (non-hydrogen) atoms. The Morgan fingerprint density at radius 1 is 1.00 bits per heavy atom. The van der Waals surface area contributed by atoms with Crippen LogP contribution >= 0.6 is 0 Å². The van der Waals surface area contributed by atoms with E-state index in [1.165, 1.54) is 24.3 Å². The minimum absolute atomic E-state index is 0.118. The van der Waals surface area contributed by atoms with E-state index in [0.717, 1.165) is 5.56 Å². The summed E-state index contributed by atoms with van der Waals surface area (Å²) in [6.07, 6.45) is 2.86. The average Bonchev–Trinajstić information content (AvgIpc) is 2.48. The smallest absolute Gasteiger partial charge is 0.337 e. The molecule has 0 spiro atoms. The second-order valence-electron chi connectivity index (χ2n) is 4.24. The number of hydrogen-bond acceptors (Lipinski definition) is 3. The molecule has 0 aliphatic carbocycles. The van der Waals surface area contributed by atoms with Crippen LogP contribution in [0.3, 0.4) is 0 Å². The number of phenolic OH excluding ortho intramolecular Hbond substituents is 1. The van der Waals surface area contributed by atoms with Crippen LogP contribution in [0.5, 0.6) is 5.75 Å². The first-order chi connectivity index (χ1) is 10.1. The minimum atomic E-state index is -1.23. The van der Waals surface area contributed by atoms with Gasteiger partial charge in [-0.15, -0.1) is 0 Å². The van der Waals surface area contributed by atoms with Crippen LogP contribution in [0.15, 0.2) is 54.6 Å². The molecular formula is C16H13NO4. The van der Waals surface area contributed by atoms with Crippen molar-refractivity contribution < 1.29 is 19.8 Å². The van der Waals surface area contributed by atoms with Crippen molar-refractivity contribution in [3.8, 4) is 5.75 Å². The number of nitrogens with one attached hydrogen (secondary N) is 1. The van der Waals surface area contributed by atoms with Gasteiger partial charge in [0, 0.05) is 6.08 Å². The van der Waals surface area contributed by atoms with Crippen molar-refractivity contribution in [3.63, 3.8) is 0 Å². The minimum Gasteiger partial charge on any atom is -0.506 e. The van der Waals surface area contributed by atoms with Gasteiger partial charge in [-0.3, -0.25) is 4.79 Å². The Kier molecular flexibility index (Phi) is 4.36. The zero-order chi connectivity index (χ0) is 15.2. The molecule has 3 N–H and O–H groups in total. The van der Waals surface area contributed by atoms with E-state index in [-0.39, 0.29) is 17.0 Å². The van der Waals surface area contributed by atoms with Gasteiger partial charge in [-0.2, -0.15) is 0 Å². The quantitative estimate of drug-likeness (QED) is 0.595. The van der Waals surface area contributed by atoms with Gasteiger partial charge in [-0.25, -0.2) is 4.79 Å². The maximum Gasteiger partial charge on any atom is 0.337 e. The zero-order valence-corrected chi connectivity index (χ0v) is 11.0. The molecule has 0 aliphatic rings. The van der Waals surface area contributed by atoms with Gasteiger partial charge < -0.3 is 15.5 Å². The third-order valence-electron chi connectivity index (χ3n) is 2.75. The van der Waals surface area contributed by atoms with Gasteiger partial charge in [0.1, 0.15) is 5.75 Å². The van der Waals surface area contributed by atoms with Crippen LogP contribution < -0.4 is 5.32 Å². The summed E-state index contributed by atoms with van der Waals surface area (Å²) in [5, 5.41) is 21.1. The molecule has 0 saturated carbocycles. The number of benzene rings is 2. The normalized spacial score (nSPS) is 10.5. The Hall–Kier alpha value is -3.08. The molecule has 5 heteroatoms. The topological polar surface area (TPSA) is 86.6 Å². The van der Waals surface area contributed by atoms with Crippen LogP contribution in [0.2, 0.25) is 0 Å². The fourth-order valence-corrected chi connectivity index (χ4v) is 1.75. The monoisotopic (exact) mass is 283 g/mol. The molecule has 1 amide bonds. The second-order valence-corrected chi connectivity index (χ2v) is 4.24. The van der Waals surface area contributed by atoms with E-state index in [4.69, 9.17) is 5.11 Å². The molecule has 0 aromatic heterocycles. The molecule has 0 saturated heterocycles. The first kappa shape index (κ1) is 14.3. The molecule has 0 heterocycles. The molecular weight excluding hydrogens is 270 g/mol. The largest absolute Gasteiger partial charge is 0.506 e. The predicted molar refractivity (Wildman–Crippen MR) is 79.2 cm³/mol. The standard InChI is InChI=1S/C16H13NO4/c18-13-8-4-7-12(16(20)21)15(13)17-14(19)10-9-11-5-2-1-3-6-11/h1-10,18H,(H,17,19)(H,20,21)/b10-9+. The van der Waals surface area contributed by atoms with Crippen molar-refractivity contribution >= 4 is 23.6 Å². The van der Waals surface area contributed by atoms with Crippen molar-refractivity contribution in [3.05, 3.63) is 65.7 Å². The number of carboxylic acids is 1. The third kappa shape index (κ3) is 3.70. The van der Waals surface area contributed by atoms with Crippen molar-refractivity contribution in [2.45, 2.75) is 0 Å². The first-order valence-electron chi connectivity index (χ1n) is 6.17. The molecule has 0 radical (unpaired) electrons. The lowest BCUT2D eigenvalue weighted by Gasteiger charge is -2.08. The van der Waals surface area contributed by atoms with Crippen molar-refractivity contribution in [1.82, 2.24) is 0 Å². The van der Waals surface area contributed by atoms with Crippen molar-refractivity contribution in [1.29, 1.82) is 0 Å². The number of carbonyl (C=O) groups is 2. The summed E-state index contributed by atoms with van der Waals surface area (Å²) in [7, 11) is 0. The van der Waals surface area contributed by atoms with Crippen LogP contribution in [-0.2, 0) is 4.79 Å². The highest BCUT2D eigenvalue weighted by atomic mass is 16.4. The van der Waals surface area contributed by atoms with Gasteiger partial charge >= 0.3 is 5.97 Å². The Balaban J connectivity index is 2.17. The lowest BCUT2D eigenvalue weighted by atomic mass is 10.1. The Morgan fingerprint density at radius 2 is 1.71 bits per heavy atom. The van der Waals surface area contributed by atoms with Crippen LogP contribution in [0.25, 0.3) is 6.08 Å². The van der Waals surface area contributed by atoms with Gasteiger partial charge in [0.2, 0.25) is 5.91 Å². The highest BCUT2D eigenvalue weighted by Gasteiger charge is 2.14. The van der Waals surface area contributed by atoms with Crippen LogP contribution in [0.1, 0.15) is 15.9 Å². The number of carbonyl (C=O) groups excluding carboxylic acids is 1. The summed E-state index contributed by atoms with van der Waals surface area (Å²) < 4.78 is 0. The Bertz CT molecular complexity index is 693. The van der Waals surface area contributed by atoms with E-state index >= 15 is 0 Å². The van der Waals surface area contributed by atoms with E-state index in [1.807, 2.05) is 30.3 Å². The maximum absolute atomic E-state index is 11.8. The molecule has 2 aromatic rings. The van der Waals surface area contributed by atoms with E-state index < -0.39 is 11.9 Å². The molecule has 0 atom stereocenters. The van der Waals surface area contributed by atoms with E-state index in [1.54, 1.807) is 6.08 Å². The number of anilines is 1. The number of hydrogen-bond donors (Lipinski definition) is 3. The number of rotatable bonds is 4. The van der Waals surface area contributed by atoms with Gasteiger partial charge in [0.05, 0.1) is 11.3 Å². The number of carboxylic acid groups (broad SMARTS) is 1. The second kappa shape index (κ2) is 6.38. The number of amides is 1. The highest BCUT2D eigenvalue weighted by Crippen LogP contribution is 2.27. The lowest BCUT2D eigenvalue weighted by Crippen LogP contribution is -2.12. The third-order valence-corrected chi connectivity index (χ3v) is 2.75. The summed E-state index contributed by atoms with van der Waals surface area (Å²) >= 11 is 0. The van der Waals surface area contributed by atoms with E-state index in [2.05, 4.69) is 5.32 Å². The first-order valence-corrected chi connectivity index (χ1v) is 6.17. The van der Waals surface area contributed by atoms with Crippen LogP contribution in [0, 0.1) is 0 Å².